The van der Waals surface area contributed by atoms with Crippen LogP contribution in [0.4, 0.5) is 0 Å². The van der Waals surface area contributed by atoms with Crippen molar-refractivity contribution in [1.82, 2.24) is 0 Å². The summed E-state index contributed by atoms with van der Waals surface area (Å²) in [7, 11) is 0. The number of aliphatic hydroxyl groups is 2. The Morgan fingerprint density at radius 3 is 1.43 bits per heavy atom. The molecule has 1 aliphatic rings. The molecule has 0 aromatic rings. The maximum Gasteiger partial charge on any atom is 0.0701 e. The molecule has 0 aromatic carbocycles. The van der Waals surface area contributed by atoms with Crippen LogP contribution < -0.4 is 0 Å². The molecule has 7 heavy (non-hydrogen) atoms. The molecule has 0 aromatic heterocycles. The lowest BCUT2D eigenvalue weighted by Gasteiger charge is -1.70. The Morgan fingerprint density at radius 2 is 1.43 bits per heavy atom. The summed E-state index contributed by atoms with van der Waals surface area (Å²) in [5.74, 6) is 0. The Hall–Kier alpha value is -0.120. The van der Waals surface area contributed by atoms with Crippen LogP contribution in [0.1, 0.15) is 0 Å². The van der Waals surface area contributed by atoms with E-state index < -0.39 is 0 Å². The molecule has 1 aliphatic heterocycles. The third kappa shape index (κ3) is 25.0. The molecular formula is C4H10O3. The standard InChI is InChI=1S/C2H6O2.C2H4O/c3-1-2-4;1-2-3-1/h3-4H,1-2H2;1-2H2. The zero-order chi connectivity index (χ0) is 5.54. The van der Waals surface area contributed by atoms with Crippen LogP contribution in [0, 0.1) is 0 Å². The summed E-state index contributed by atoms with van der Waals surface area (Å²) in [5, 5.41) is 15.2. The number of aliphatic hydroxyl groups excluding tert-OH is 2. The van der Waals surface area contributed by atoms with Gasteiger partial charge >= 0.3 is 0 Å². The summed E-state index contributed by atoms with van der Waals surface area (Å²) >= 11 is 0. The molecule has 0 aliphatic carbocycles. The van der Waals surface area contributed by atoms with Gasteiger partial charge in [-0.05, 0) is 0 Å². The third-order valence-electron chi connectivity index (χ3n) is 0.304. The highest BCUT2D eigenvalue weighted by Crippen LogP contribution is 1.84. The first kappa shape index (κ1) is 6.88. The molecule has 44 valence electrons. The van der Waals surface area contributed by atoms with Gasteiger partial charge in [0, 0.05) is 0 Å². The fraction of sp³-hybridized carbons (Fsp3) is 1.00. The minimum atomic E-state index is -0.125. The number of hydrogen-bond acceptors (Lipinski definition) is 3. The lowest BCUT2D eigenvalue weighted by atomic mass is 10.8. The lowest BCUT2D eigenvalue weighted by Crippen LogP contribution is -1.85. The van der Waals surface area contributed by atoms with Gasteiger partial charge in [0.25, 0.3) is 0 Å². The van der Waals surface area contributed by atoms with Gasteiger partial charge in [0.1, 0.15) is 0 Å². The molecule has 1 fully saturated rings. The molecular weight excluding hydrogens is 96.0 g/mol. The van der Waals surface area contributed by atoms with E-state index in [1.807, 2.05) is 0 Å². The SMILES string of the molecule is C1CO1.OCCO. The topological polar surface area (TPSA) is 53.0 Å². The van der Waals surface area contributed by atoms with Gasteiger partial charge in [0.2, 0.25) is 0 Å². The number of ether oxygens (including phenoxy) is 1. The van der Waals surface area contributed by atoms with Gasteiger partial charge in [0.05, 0.1) is 26.4 Å². The minimum absolute atomic E-state index is 0.125. The Bertz CT molecular complexity index is 23.4. The van der Waals surface area contributed by atoms with Gasteiger partial charge in [-0.15, -0.1) is 0 Å². The van der Waals surface area contributed by atoms with E-state index in [9.17, 15) is 0 Å². The zero-order valence-corrected chi connectivity index (χ0v) is 4.13. The van der Waals surface area contributed by atoms with E-state index in [1.54, 1.807) is 0 Å². The maximum absolute atomic E-state index is 7.62. The lowest BCUT2D eigenvalue weighted by molar-refractivity contribution is 0.186. The summed E-state index contributed by atoms with van der Waals surface area (Å²) in [5.41, 5.74) is 0. The second kappa shape index (κ2) is 5.88. The van der Waals surface area contributed by atoms with Gasteiger partial charge in [0.15, 0.2) is 0 Å². The Morgan fingerprint density at radius 1 is 1.14 bits per heavy atom. The number of epoxide rings is 1. The minimum Gasteiger partial charge on any atom is -0.394 e. The van der Waals surface area contributed by atoms with Gasteiger partial charge < -0.3 is 14.9 Å². The van der Waals surface area contributed by atoms with Crippen LogP contribution in [-0.2, 0) is 4.74 Å². The molecule has 0 atom stereocenters. The molecule has 0 amide bonds. The van der Waals surface area contributed by atoms with Crippen molar-refractivity contribution in [2.24, 2.45) is 0 Å². The molecule has 1 rings (SSSR count). The van der Waals surface area contributed by atoms with Crippen molar-refractivity contribution in [3.05, 3.63) is 0 Å². The first-order valence-corrected chi connectivity index (χ1v) is 2.21. The van der Waals surface area contributed by atoms with Crippen molar-refractivity contribution in [2.75, 3.05) is 26.4 Å². The second-order valence-electron chi connectivity index (χ2n) is 1.06. The first-order valence-electron chi connectivity index (χ1n) is 2.21. The molecule has 1 saturated heterocycles. The van der Waals surface area contributed by atoms with Crippen LogP contribution in [0.25, 0.3) is 0 Å². The van der Waals surface area contributed by atoms with Crippen LogP contribution in [0.15, 0.2) is 0 Å². The maximum atomic E-state index is 7.62. The molecule has 2 N–H and O–H groups in total. The van der Waals surface area contributed by atoms with E-state index in [0.717, 1.165) is 13.2 Å². The van der Waals surface area contributed by atoms with Crippen LogP contribution in [0.2, 0.25) is 0 Å². The van der Waals surface area contributed by atoms with E-state index >= 15 is 0 Å². The molecule has 3 nitrogen and oxygen atoms in total. The van der Waals surface area contributed by atoms with Gasteiger partial charge in [-0.3, -0.25) is 0 Å². The average Bonchev–Trinajstić information content (AvgIpc) is 2.47. The van der Waals surface area contributed by atoms with Crippen molar-refractivity contribution in [3.63, 3.8) is 0 Å². The predicted octanol–water partition coefficient (Wildman–Crippen LogP) is -1.01. The zero-order valence-electron chi connectivity index (χ0n) is 4.13. The van der Waals surface area contributed by atoms with Gasteiger partial charge in [-0.25, -0.2) is 0 Å². The molecule has 0 saturated carbocycles. The molecule has 1 heterocycles. The fourth-order valence-electron chi connectivity index (χ4n) is 0. The van der Waals surface area contributed by atoms with Crippen LogP contribution >= 0.6 is 0 Å². The summed E-state index contributed by atoms with van der Waals surface area (Å²) in [6.07, 6.45) is 0. The molecule has 0 spiro atoms. The van der Waals surface area contributed by atoms with Crippen LogP contribution in [0.5, 0.6) is 0 Å². The first-order chi connectivity index (χ1) is 3.41. The summed E-state index contributed by atoms with van der Waals surface area (Å²) < 4.78 is 4.50. The third-order valence-corrected chi connectivity index (χ3v) is 0.304. The summed E-state index contributed by atoms with van der Waals surface area (Å²) in [6, 6.07) is 0. The largest absolute Gasteiger partial charge is 0.394 e. The highest BCUT2D eigenvalue weighted by molar-refractivity contribution is 4.36. The van der Waals surface area contributed by atoms with Gasteiger partial charge in [-0.2, -0.15) is 0 Å². The second-order valence-corrected chi connectivity index (χ2v) is 1.06. The molecule has 0 bridgehead atoms. The van der Waals surface area contributed by atoms with E-state index in [0.29, 0.717) is 0 Å². The van der Waals surface area contributed by atoms with Crippen LogP contribution in [-0.4, -0.2) is 36.6 Å². The van der Waals surface area contributed by atoms with Gasteiger partial charge in [-0.1, -0.05) is 0 Å². The summed E-state index contributed by atoms with van der Waals surface area (Å²) in [6.45, 7) is 1.75. The van der Waals surface area contributed by atoms with Crippen molar-refractivity contribution in [2.45, 2.75) is 0 Å². The van der Waals surface area contributed by atoms with Crippen molar-refractivity contribution < 1.29 is 14.9 Å². The predicted molar refractivity (Wildman–Crippen MR) is 25.0 cm³/mol. The molecule has 0 radical (unpaired) electrons. The number of hydrogen-bond donors (Lipinski definition) is 2. The van der Waals surface area contributed by atoms with E-state index in [4.69, 9.17) is 10.2 Å². The monoisotopic (exact) mass is 106 g/mol. The van der Waals surface area contributed by atoms with Crippen LogP contribution in [0.3, 0.4) is 0 Å². The Labute approximate surface area is 42.5 Å². The average molecular weight is 106 g/mol. The van der Waals surface area contributed by atoms with E-state index in [2.05, 4.69) is 4.74 Å². The quantitative estimate of drug-likeness (QED) is 0.421. The van der Waals surface area contributed by atoms with Crippen molar-refractivity contribution in [3.8, 4) is 0 Å². The number of rotatable bonds is 1. The Kier molecular flexibility index (Phi) is 5.78. The smallest absolute Gasteiger partial charge is 0.0701 e. The van der Waals surface area contributed by atoms with Crippen molar-refractivity contribution in [1.29, 1.82) is 0 Å². The summed E-state index contributed by atoms with van der Waals surface area (Å²) in [4.78, 5) is 0. The fourth-order valence-corrected chi connectivity index (χ4v) is 0. The van der Waals surface area contributed by atoms with E-state index in [-0.39, 0.29) is 13.2 Å². The van der Waals surface area contributed by atoms with E-state index in [1.165, 1.54) is 0 Å². The van der Waals surface area contributed by atoms with Crippen molar-refractivity contribution >= 4 is 0 Å². The normalized spacial score (nSPS) is 14.6. The molecule has 0 unspecified atom stereocenters. The highest BCUT2D eigenvalue weighted by Gasteiger charge is 1.94. The highest BCUT2D eigenvalue weighted by atomic mass is 16.6. The molecule has 3 heteroatoms. The Balaban J connectivity index is 0.000000105.